The number of imide groups is 1. The molecule has 0 bridgehead atoms. The number of benzene rings is 2. The van der Waals surface area contributed by atoms with E-state index in [9.17, 15) is 28.7 Å². The zero-order valence-electron chi connectivity index (χ0n) is 28.1. The summed E-state index contributed by atoms with van der Waals surface area (Å²) in [6.07, 6.45) is 0.322. The van der Waals surface area contributed by atoms with Crippen LogP contribution in [-0.2, 0) is 25.7 Å². The fourth-order valence-electron chi connectivity index (χ4n) is 7.03. The third-order valence-corrected chi connectivity index (χ3v) is 9.75. The summed E-state index contributed by atoms with van der Waals surface area (Å²) in [5.74, 6) is -3.43. The van der Waals surface area contributed by atoms with E-state index in [-0.39, 0.29) is 62.8 Å². The average Bonchev–Trinajstić information content (AvgIpc) is 3.77. The van der Waals surface area contributed by atoms with E-state index < -0.39 is 71.1 Å². The van der Waals surface area contributed by atoms with E-state index in [2.05, 4.69) is 10.6 Å². The van der Waals surface area contributed by atoms with Gasteiger partial charge in [-0.2, -0.15) is 0 Å². The Morgan fingerprint density at radius 2 is 1.84 bits per heavy atom. The van der Waals surface area contributed by atoms with Crippen LogP contribution in [0.5, 0.6) is 0 Å². The topological polar surface area (TPSA) is 146 Å². The molecule has 3 aliphatic heterocycles. The van der Waals surface area contributed by atoms with Crippen LogP contribution in [0.1, 0.15) is 37.7 Å². The molecule has 6 rings (SSSR count). The summed E-state index contributed by atoms with van der Waals surface area (Å²) in [7, 11) is 0. The average molecular weight is 709 g/mol. The van der Waals surface area contributed by atoms with Crippen molar-refractivity contribution in [1.29, 1.82) is 0 Å². The quantitative estimate of drug-likeness (QED) is 0.244. The minimum absolute atomic E-state index is 0.0211. The van der Waals surface area contributed by atoms with Crippen LogP contribution in [-0.4, -0.2) is 99.4 Å². The van der Waals surface area contributed by atoms with Crippen molar-refractivity contribution in [1.82, 2.24) is 30.0 Å². The van der Waals surface area contributed by atoms with Crippen LogP contribution in [0.2, 0.25) is 0 Å². The van der Waals surface area contributed by atoms with Crippen molar-refractivity contribution in [3.63, 3.8) is 0 Å². The molecule has 3 N–H and O–H groups in total. The second-order valence-corrected chi connectivity index (χ2v) is 13.6. The summed E-state index contributed by atoms with van der Waals surface area (Å²) >= 11 is 0. The minimum Gasteiger partial charge on any atom is -0.450 e. The molecule has 0 saturated carbocycles. The van der Waals surface area contributed by atoms with Crippen molar-refractivity contribution in [2.24, 2.45) is 11.3 Å². The summed E-state index contributed by atoms with van der Waals surface area (Å²) in [6, 6.07) is 10.6. The number of likely N-dealkylation sites (tertiary alicyclic amines) is 1. The van der Waals surface area contributed by atoms with Crippen molar-refractivity contribution in [3.8, 4) is 11.3 Å². The first-order valence-electron chi connectivity index (χ1n) is 16.7. The molecule has 4 heterocycles. The zero-order valence-corrected chi connectivity index (χ0v) is 28.1. The van der Waals surface area contributed by atoms with Crippen molar-refractivity contribution in [2.75, 3.05) is 32.8 Å². The first-order chi connectivity index (χ1) is 24.3. The lowest BCUT2D eigenvalue weighted by Gasteiger charge is -2.47. The number of hydrogen-bond acceptors (Lipinski definition) is 8. The maximum atomic E-state index is 15.2. The Labute approximate surface area is 292 Å². The number of aliphatic hydroxyl groups excluding tert-OH is 1. The van der Waals surface area contributed by atoms with Crippen LogP contribution in [0.25, 0.3) is 11.3 Å². The molecule has 15 heteroatoms. The second kappa shape index (κ2) is 14.7. The van der Waals surface area contributed by atoms with Gasteiger partial charge in [-0.25, -0.2) is 22.9 Å². The number of alkyl carbamates (subject to hydrolysis) is 1. The molecule has 2 saturated heterocycles. The number of halogens is 3. The molecule has 51 heavy (non-hydrogen) atoms. The van der Waals surface area contributed by atoms with Gasteiger partial charge in [-0.15, -0.1) is 0 Å². The first-order valence-corrected chi connectivity index (χ1v) is 16.7. The van der Waals surface area contributed by atoms with E-state index in [4.69, 9.17) is 9.72 Å². The number of carbonyl (C=O) groups excluding carboxylic acids is 4. The van der Waals surface area contributed by atoms with Gasteiger partial charge >= 0.3 is 6.09 Å². The number of hydrogen-bond donors (Lipinski definition) is 3. The molecule has 0 spiro atoms. The summed E-state index contributed by atoms with van der Waals surface area (Å²) in [5.41, 5.74) is -0.117. The number of nitrogens with one attached hydrogen (secondary N) is 2. The first kappa shape index (κ1) is 35.8. The fourth-order valence-corrected chi connectivity index (χ4v) is 7.03. The van der Waals surface area contributed by atoms with Gasteiger partial charge in [0, 0.05) is 68.6 Å². The van der Waals surface area contributed by atoms with Crippen LogP contribution in [0.3, 0.4) is 0 Å². The van der Waals surface area contributed by atoms with Crippen LogP contribution in [0.15, 0.2) is 66.9 Å². The monoisotopic (exact) mass is 708 g/mol. The molecule has 1 aromatic heterocycles. The Morgan fingerprint density at radius 1 is 1.12 bits per heavy atom. The van der Waals surface area contributed by atoms with Crippen molar-refractivity contribution in [2.45, 2.75) is 51.2 Å². The fraction of sp³-hybridized carbons (Fsp3) is 0.417. The Kier molecular flexibility index (Phi) is 10.3. The molecule has 2 fully saturated rings. The highest BCUT2D eigenvalue weighted by molar-refractivity contribution is 6.12. The third kappa shape index (κ3) is 7.54. The SMILES string of the molecule is CC(C)(CCOC(=O)NCCN1C(=O)C=CC1=O)[C@H](c1nc(-c2cc(F)ccc2F)cn1Cc1ccccc1)N1C[C@@H]2C(NC[C@@H]2F)[C@H](O)C1=O. The minimum atomic E-state index is -1.55. The number of imidazole rings is 1. The number of carbonyl (C=O) groups is 4. The van der Waals surface area contributed by atoms with Gasteiger partial charge in [-0.3, -0.25) is 19.3 Å². The van der Waals surface area contributed by atoms with Crippen LogP contribution in [0.4, 0.5) is 18.0 Å². The number of alkyl halides is 1. The summed E-state index contributed by atoms with van der Waals surface area (Å²) < 4.78 is 51.8. The molecule has 12 nitrogen and oxygen atoms in total. The van der Waals surface area contributed by atoms with Gasteiger partial charge in [0.1, 0.15) is 29.7 Å². The molecule has 0 radical (unpaired) electrons. The molecule has 2 aromatic carbocycles. The number of ether oxygens (including phenoxy) is 1. The van der Waals surface area contributed by atoms with Gasteiger partial charge in [0.15, 0.2) is 0 Å². The predicted octanol–water partition coefficient (Wildman–Crippen LogP) is 3.11. The highest BCUT2D eigenvalue weighted by Gasteiger charge is 2.53. The molecule has 4 amide bonds. The highest BCUT2D eigenvalue weighted by atomic mass is 19.1. The lowest BCUT2D eigenvalue weighted by Crippen LogP contribution is -2.61. The van der Waals surface area contributed by atoms with Gasteiger partial charge in [-0.1, -0.05) is 44.2 Å². The van der Waals surface area contributed by atoms with E-state index >= 15 is 8.78 Å². The Bertz CT molecular complexity index is 1820. The Balaban J connectivity index is 1.31. The number of nitrogens with zero attached hydrogens (tertiary/aromatic N) is 4. The lowest BCUT2D eigenvalue weighted by atomic mass is 9.77. The smallest absolute Gasteiger partial charge is 0.407 e. The number of aromatic nitrogens is 2. The van der Waals surface area contributed by atoms with Gasteiger partial charge in [0.2, 0.25) is 0 Å². The molecule has 0 aliphatic carbocycles. The molecular weight excluding hydrogens is 669 g/mol. The highest BCUT2D eigenvalue weighted by Crippen LogP contribution is 2.45. The van der Waals surface area contributed by atoms with Crippen molar-refractivity contribution < 1.29 is 42.2 Å². The van der Waals surface area contributed by atoms with Crippen molar-refractivity contribution >= 4 is 23.8 Å². The molecule has 270 valence electrons. The number of rotatable bonds is 12. The number of fused-ring (bicyclic) bond motifs is 1. The Morgan fingerprint density at radius 3 is 2.57 bits per heavy atom. The normalized spacial score (nSPS) is 22.4. The number of piperidine rings is 1. The number of amides is 4. The number of aliphatic hydroxyl groups is 1. The van der Waals surface area contributed by atoms with Crippen molar-refractivity contribution in [3.05, 3.63) is 89.9 Å². The molecule has 5 atom stereocenters. The van der Waals surface area contributed by atoms with Gasteiger partial charge < -0.3 is 29.9 Å². The predicted molar refractivity (Wildman–Crippen MR) is 177 cm³/mol. The van der Waals surface area contributed by atoms with E-state index in [0.717, 1.165) is 40.8 Å². The van der Waals surface area contributed by atoms with Gasteiger partial charge in [0.05, 0.1) is 18.3 Å². The standard InChI is InChI=1S/C36H39F3N6O6/c1-36(2,12-15-51-35(50)40-13-14-44-28(46)10-11-29(44)47)32(45-19-24-26(39)17-41-30(24)31(48)34(45)49)33-42-27(23-16-22(37)8-9-25(23)38)20-43(33)18-21-6-4-3-5-7-21/h3-11,16,20,24,26,30-32,41,48H,12-15,17-19H2,1-2H3,(H,40,50)/t24-,26-,30?,31-,32-/m0/s1. The van der Waals surface area contributed by atoms with E-state index in [1.807, 2.05) is 44.2 Å². The van der Waals surface area contributed by atoms with E-state index in [0.29, 0.717) is 0 Å². The molecule has 1 unspecified atom stereocenters. The maximum absolute atomic E-state index is 15.2. The molecular formula is C36H39F3N6O6. The second-order valence-electron chi connectivity index (χ2n) is 13.6. The van der Waals surface area contributed by atoms with E-state index in [1.165, 1.54) is 4.90 Å². The van der Waals surface area contributed by atoms with Gasteiger partial charge in [0.25, 0.3) is 17.7 Å². The van der Waals surface area contributed by atoms with Crippen LogP contribution >= 0.6 is 0 Å². The summed E-state index contributed by atoms with van der Waals surface area (Å²) in [5, 5.41) is 16.6. The maximum Gasteiger partial charge on any atom is 0.407 e. The summed E-state index contributed by atoms with van der Waals surface area (Å²) in [6.45, 7) is 3.54. The zero-order chi connectivity index (χ0) is 36.4. The van der Waals surface area contributed by atoms with Crippen LogP contribution in [0, 0.1) is 23.0 Å². The molecule has 3 aliphatic rings. The molecule has 3 aromatic rings. The largest absolute Gasteiger partial charge is 0.450 e. The summed E-state index contributed by atoms with van der Waals surface area (Å²) in [4.78, 5) is 57.3. The van der Waals surface area contributed by atoms with E-state index in [1.54, 1.807) is 10.8 Å². The lowest BCUT2D eigenvalue weighted by molar-refractivity contribution is -0.156. The van der Waals surface area contributed by atoms with Gasteiger partial charge in [-0.05, 0) is 35.6 Å². The third-order valence-electron chi connectivity index (χ3n) is 9.75. The Hall–Kier alpha value is -5.02. The van der Waals surface area contributed by atoms with Crippen LogP contribution < -0.4 is 10.6 Å².